The van der Waals surface area contributed by atoms with Crippen LogP contribution in [-0.2, 0) is 16.8 Å². The predicted octanol–water partition coefficient (Wildman–Crippen LogP) is 2.71. The number of nitrogens with zero attached hydrogens (tertiary/aromatic N) is 1. The second-order valence-electron chi connectivity index (χ2n) is 6.14. The summed E-state index contributed by atoms with van der Waals surface area (Å²) >= 11 is 1.31. The van der Waals surface area contributed by atoms with E-state index in [4.69, 9.17) is 0 Å². The molecule has 1 aliphatic carbocycles. The van der Waals surface area contributed by atoms with E-state index >= 15 is 0 Å². The fraction of sp³-hybridized carbons (Fsp3) is 0.278. The molecule has 2 aromatic rings. The van der Waals surface area contributed by atoms with E-state index in [0.29, 0.717) is 11.3 Å². The zero-order valence-corrected chi connectivity index (χ0v) is 13.8. The highest BCUT2D eigenvalue weighted by Gasteiger charge is 2.54. The molecular formula is C18H16N2O3S. The molecule has 0 bridgehead atoms. The fourth-order valence-corrected chi connectivity index (χ4v) is 4.27. The first-order valence-electron chi connectivity index (χ1n) is 7.91. The van der Waals surface area contributed by atoms with Crippen molar-refractivity contribution in [3.05, 3.63) is 57.8 Å². The van der Waals surface area contributed by atoms with Crippen molar-refractivity contribution in [1.29, 1.82) is 0 Å². The Morgan fingerprint density at radius 2 is 2.04 bits per heavy atom. The van der Waals surface area contributed by atoms with Crippen LogP contribution in [0.4, 0.5) is 4.79 Å². The molecule has 24 heavy (non-hydrogen) atoms. The van der Waals surface area contributed by atoms with E-state index in [0.717, 1.165) is 28.9 Å². The summed E-state index contributed by atoms with van der Waals surface area (Å²) in [6.45, 7) is -0.213. The van der Waals surface area contributed by atoms with Gasteiger partial charge in [0.15, 0.2) is 5.78 Å². The molecule has 2 aliphatic rings. The van der Waals surface area contributed by atoms with Crippen LogP contribution in [0, 0.1) is 0 Å². The summed E-state index contributed by atoms with van der Waals surface area (Å²) in [7, 11) is 0. The van der Waals surface area contributed by atoms with Gasteiger partial charge in [-0.2, -0.15) is 0 Å². The number of thiophene rings is 1. The minimum absolute atomic E-state index is 0.213. The van der Waals surface area contributed by atoms with Crippen LogP contribution in [0.5, 0.6) is 0 Å². The number of ketones is 1. The lowest BCUT2D eigenvalue weighted by Gasteiger charge is -2.33. The highest BCUT2D eigenvalue weighted by molar-refractivity contribution is 7.12. The van der Waals surface area contributed by atoms with E-state index in [9.17, 15) is 14.4 Å². The first kappa shape index (κ1) is 15.1. The number of carbonyl (C=O) groups excluding carboxylic acids is 3. The lowest BCUT2D eigenvalue weighted by molar-refractivity contribution is -0.131. The number of aryl methyl sites for hydroxylation is 1. The smallest absolute Gasteiger partial charge is 0.319 e. The largest absolute Gasteiger partial charge is 0.325 e. The Labute approximate surface area is 143 Å². The Bertz CT molecular complexity index is 831. The third kappa shape index (κ3) is 2.17. The van der Waals surface area contributed by atoms with Gasteiger partial charge in [0, 0.05) is 0 Å². The Balaban J connectivity index is 1.66. The second kappa shape index (κ2) is 5.56. The standard InChI is InChI=1S/C18H16N2O3S/c21-14(15-8-4-10-24-15)11-20-16(22)18(19-17(20)23)9-3-6-12-5-1-2-7-13(12)18/h1-2,4-5,7-8,10H,3,6,9,11H2,(H,19,23)/t18-/m0/s1. The molecule has 0 saturated carbocycles. The molecule has 5 nitrogen and oxygen atoms in total. The number of nitrogens with one attached hydrogen (secondary N) is 1. The van der Waals surface area contributed by atoms with Gasteiger partial charge in [-0.1, -0.05) is 30.3 Å². The molecule has 1 fully saturated rings. The summed E-state index contributed by atoms with van der Waals surface area (Å²) in [5.74, 6) is -0.529. The van der Waals surface area contributed by atoms with Crippen molar-refractivity contribution < 1.29 is 14.4 Å². The van der Waals surface area contributed by atoms with Crippen molar-refractivity contribution in [1.82, 2.24) is 10.2 Å². The van der Waals surface area contributed by atoms with E-state index in [1.807, 2.05) is 24.3 Å². The van der Waals surface area contributed by atoms with Gasteiger partial charge >= 0.3 is 6.03 Å². The summed E-state index contributed by atoms with van der Waals surface area (Å²) in [6.07, 6.45) is 2.29. The number of hydrogen-bond donors (Lipinski definition) is 1. The van der Waals surface area contributed by atoms with Crippen LogP contribution in [0.2, 0.25) is 0 Å². The van der Waals surface area contributed by atoms with Crippen LogP contribution in [0.15, 0.2) is 41.8 Å². The van der Waals surface area contributed by atoms with Gasteiger partial charge in [-0.05, 0) is 41.8 Å². The average Bonchev–Trinajstić information content (AvgIpc) is 3.20. The predicted molar refractivity (Wildman–Crippen MR) is 90.0 cm³/mol. The van der Waals surface area contributed by atoms with Crippen molar-refractivity contribution in [3.8, 4) is 0 Å². The van der Waals surface area contributed by atoms with E-state index < -0.39 is 11.6 Å². The highest BCUT2D eigenvalue weighted by atomic mass is 32.1. The Hall–Kier alpha value is -2.47. The molecule has 6 heteroatoms. The molecule has 1 aliphatic heterocycles. The van der Waals surface area contributed by atoms with Crippen LogP contribution in [-0.4, -0.2) is 29.2 Å². The van der Waals surface area contributed by atoms with Gasteiger partial charge in [0.05, 0.1) is 11.4 Å². The van der Waals surface area contributed by atoms with Crippen LogP contribution in [0.1, 0.15) is 33.6 Å². The molecule has 1 atom stereocenters. The van der Waals surface area contributed by atoms with E-state index in [1.165, 1.54) is 11.3 Å². The van der Waals surface area contributed by atoms with Crippen molar-refractivity contribution in [2.45, 2.75) is 24.8 Å². The fourth-order valence-electron chi connectivity index (χ4n) is 3.61. The first-order chi connectivity index (χ1) is 11.6. The SMILES string of the molecule is O=C(CN1C(=O)N[C@]2(CCCc3ccccc32)C1=O)c1cccs1. The maximum atomic E-state index is 13.1. The number of amides is 3. The zero-order valence-electron chi connectivity index (χ0n) is 13.0. The lowest BCUT2D eigenvalue weighted by atomic mass is 9.76. The second-order valence-corrected chi connectivity index (χ2v) is 7.09. The van der Waals surface area contributed by atoms with Gasteiger partial charge < -0.3 is 5.32 Å². The maximum Gasteiger partial charge on any atom is 0.325 e. The Morgan fingerprint density at radius 3 is 2.83 bits per heavy atom. The maximum absolute atomic E-state index is 13.1. The monoisotopic (exact) mass is 340 g/mol. The van der Waals surface area contributed by atoms with Crippen LogP contribution in [0.25, 0.3) is 0 Å². The van der Waals surface area contributed by atoms with Gasteiger partial charge in [-0.15, -0.1) is 11.3 Å². The number of carbonyl (C=O) groups is 3. The normalized spacial score (nSPS) is 22.6. The molecule has 1 aromatic carbocycles. The minimum Gasteiger partial charge on any atom is -0.319 e. The van der Waals surface area contributed by atoms with Gasteiger partial charge in [0.1, 0.15) is 5.54 Å². The van der Waals surface area contributed by atoms with E-state index in [1.54, 1.807) is 17.5 Å². The van der Waals surface area contributed by atoms with Gasteiger partial charge in [0.25, 0.3) is 5.91 Å². The molecule has 122 valence electrons. The lowest BCUT2D eigenvalue weighted by Crippen LogP contribution is -2.46. The number of fused-ring (bicyclic) bond motifs is 2. The van der Waals surface area contributed by atoms with Crippen LogP contribution >= 0.6 is 11.3 Å². The average molecular weight is 340 g/mol. The summed E-state index contributed by atoms with van der Waals surface area (Å²) < 4.78 is 0. The minimum atomic E-state index is -1.01. The zero-order chi connectivity index (χ0) is 16.7. The molecule has 0 radical (unpaired) electrons. The Morgan fingerprint density at radius 1 is 1.21 bits per heavy atom. The van der Waals surface area contributed by atoms with Crippen molar-refractivity contribution in [2.24, 2.45) is 0 Å². The third-order valence-electron chi connectivity index (χ3n) is 4.75. The quantitative estimate of drug-likeness (QED) is 0.690. The summed E-state index contributed by atoms with van der Waals surface area (Å²) in [4.78, 5) is 39.4. The molecule has 1 spiro atoms. The molecule has 4 rings (SSSR count). The first-order valence-corrected chi connectivity index (χ1v) is 8.79. The molecule has 2 heterocycles. The van der Waals surface area contributed by atoms with E-state index in [2.05, 4.69) is 5.32 Å². The van der Waals surface area contributed by atoms with E-state index in [-0.39, 0.29) is 18.2 Å². The van der Waals surface area contributed by atoms with Gasteiger partial charge in [0.2, 0.25) is 0 Å². The third-order valence-corrected chi connectivity index (χ3v) is 5.66. The van der Waals surface area contributed by atoms with Crippen molar-refractivity contribution in [2.75, 3.05) is 6.54 Å². The molecule has 0 unspecified atom stereocenters. The molecule has 1 saturated heterocycles. The number of imide groups is 1. The van der Waals surface area contributed by atoms with Crippen LogP contribution in [0.3, 0.4) is 0 Å². The van der Waals surface area contributed by atoms with Crippen molar-refractivity contribution >= 4 is 29.1 Å². The summed E-state index contributed by atoms with van der Waals surface area (Å²) in [5.41, 5.74) is 0.936. The molecule has 3 amide bonds. The Kier molecular flexibility index (Phi) is 3.49. The number of urea groups is 1. The summed E-state index contributed by atoms with van der Waals surface area (Å²) in [5, 5.41) is 4.67. The van der Waals surface area contributed by atoms with Gasteiger partial charge in [-0.3, -0.25) is 14.5 Å². The number of hydrogen-bond acceptors (Lipinski definition) is 4. The topological polar surface area (TPSA) is 66.5 Å². The van der Waals surface area contributed by atoms with Crippen LogP contribution < -0.4 is 5.32 Å². The summed E-state index contributed by atoms with van der Waals surface area (Å²) in [6, 6.07) is 10.7. The number of Topliss-reactive ketones (excluding diaryl/α,β-unsaturated/α-hetero) is 1. The molecule has 1 N–H and O–H groups in total. The number of rotatable bonds is 3. The molecular weight excluding hydrogens is 324 g/mol. The van der Waals surface area contributed by atoms with Crippen molar-refractivity contribution in [3.63, 3.8) is 0 Å². The highest BCUT2D eigenvalue weighted by Crippen LogP contribution is 2.39. The number of benzene rings is 1. The van der Waals surface area contributed by atoms with Gasteiger partial charge in [-0.25, -0.2) is 4.79 Å². The molecule has 1 aromatic heterocycles.